The summed E-state index contributed by atoms with van der Waals surface area (Å²) in [6, 6.07) is 3.47. The molecule has 0 amide bonds. The number of aldehydes is 1. The van der Waals surface area contributed by atoms with E-state index in [0.717, 1.165) is 5.56 Å². The predicted molar refractivity (Wildman–Crippen MR) is 48.1 cm³/mol. The summed E-state index contributed by atoms with van der Waals surface area (Å²) in [4.78, 5) is 10.5. The van der Waals surface area contributed by atoms with Crippen molar-refractivity contribution < 1.29 is 9.53 Å². The van der Waals surface area contributed by atoms with Crippen LogP contribution in [0.15, 0.2) is 12.1 Å². The lowest BCUT2D eigenvalue weighted by Crippen LogP contribution is -1.91. The smallest absolute Gasteiger partial charge is 0.151 e. The van der Waals surface area contributed by atoms with Crippen LogP contribution in [0.4, 0.5) is 0 Å². The predicted octanol–water partition coefficient (Wildman–Crippen LogP) is 2.47. The lowest BCUT2D eigenvalue weighted by molar-refractivity contribution is 0.112. The second kappa shape index (κ2) is 3.59. The van der Waals surface area contributed by atoms with E-state index in [9.17, 15) is 4.79 Å². The molecule has 0 saturated carbocycles. The number of ether oxygens (including phenoxy) is 1. The van der Waals surface area contributed by atoms with E-state index in [1.807, 2.05) is 6.92 Å². The molecule has 1 aromatic carbocycles. The first-order valence-corrected chi connectivity index (χ1v) is 3.86. The van der Waals surface area contributed by atoms with Gasteiger partial charge < -0.3 is 4.74 Å². The maximum Gasteiger partial charge on any atom is 0.151 e. The van der Waals surface area contributed by atoms with E-state index in [0.29, 0.717) is 22.6 Å². The van der Waals surface area contributed by atoms with Crippen LogP contribution in [0.1, 0.15) is 15.9 Å². The van der Waals surface area contributed by atoms with Gasteiger partial charge in [0.25, 0.3) is 0 Å². The van der Waals surface area contributed by atoms with Gasteiger partial charge in [-0.25, -0.2) is 0 Å². The summed E-state index contributed by atoms with van der Waals surface area (Å²) in [5, 5.41) is 0.382. The highest BCUT2D eigenvalue weighted by atomic mass is 35.5. The zero-order valence-corrected chi connectivity index (χ0v) is 7.68. The minimum absolute atomic E-state index is 0.382. The maximum atomic E-state index is 10.5. The summed E-state index contributed by atoms with van der Waals surface area (Å²) in [5.41, 5.74) is 1.38. The Hall–Kier alpha value is -1.02. The average Bonchev–Trinajstić information content (AvgIpc) is 2.06. The third kappa shape index (κ3) is 1.43. The van der Waals surface area contributed by atoms with Crippen LogP contribution in [0.3, 0.4) is 0 Å². The van der Waals surface area contributed by atoms with Crippen molar-refractivity contribution in [3.63, 3.8) is 0 Å². The molecule has 1 rings (SSSR count). The van der Waals surface area contributed by atoms with Gasteiger partial charge in [-0.05, 0) is 18.6 Å². The average molecular weight is 185 g/mol. The zero-order valence-electron chi connectivity index (χ0n) is 6.93. The zero-order chi connectivity index (χ0) is 9.14. The van der Waals surface area contributed by atoms with Gasteiger partial charge in [0.1, 0.15) is 5.75 Å². The van der Waals surface area contributed by atoms with E-state index >= 15 is 0 Å². The molecule has 0 unspecified atom stereocenters. The van der Waals surface area contributed by atoms with Crippen LogP contribution < -0.4 is 4.74 Å². The third-order valence-electron chi connectivity index (χ3n) is 1.65. The van der Waals surface area contributed by atoms with Gasteiger partial charge in [0.2, 0.25) is 0 Å². The van der Waals surface area contributed by atoms with Crippen molar-refractivity contribution in [2.75, 3.05) is 7.11 Å². The topological polar surface area (TPSA) is 26.3 Å². The Morgan fingerprint density at radius 3 is 2.67 bits per heavy atom. The molecule has 0 fully saturated rings. The third-order valence-corrected chi connectivity index (χ3v) is 2.04. The van der Waals surface area contributed by atoms with E-state index in [2.05, 4.69) is 0 Å². The van der Waals surface area contributed by atoms with Crippen molar-refractivity contribution in [1.29, 1.82) is 0 Å². The van der Waals surface area contributed by atoms with Gasteiger partial charge in [0, 0.05) is 5.56 Å². The molecular weight excluding hydrogens is 176 g/mol. The Bertz CT molecular complexity index is 308. The molecule has 64 valence electrons. The van der Waals surface area contributed by atoms with Crippen molar-refractivity contribution in [3.8, 4) is 5.75 Å². The van der Waals surface area contributed by atoms with Crippen molar-refractivity contribution in [3.05, 3.63) is 28.3 Å². The van der Waals surface area contributed by atoms with E-state index in [1.165, 1.54) is 7.11 Å². The highest BCUT2D eigenvalue weighted by Crippen LogP contribution is 2.30. The summed E-state index contributed by atoms with van der Waals surface area (Å²) in [7, 11) is 1.53. The first-order valence-electron chi connectivity index (χ1n) is 3.49. The van der Waals surface area contributed by atoms with Crippen LogP contribution in [0.25, 0.3) is 0 Å². The van der Waals surface area contributed by atoms with Gasteiger partial charge in [0.05, 0.1) is 12.1 Å². The Morgan fingerprint density at radius 2 is 2.17 bits per heavy atom. The molecule has 3 heteroatoms. The van der Waals surface area contributed by atoms with Crippen LogP contribution in [0.5, 0.6) is 5.75 Å². The minimum Gasteiger partial charge on any atom is -0.495 e. The van der Waals surface area contributed by atoms with Gasteiger partial charge >= 0.3 is 0 Å². The standard InChI is InChI=1S/C9H9ClO2/c1-6-3-4-7(5-11)8(10)9(6)12-2/h3-5H,1-2H3. The van der Waals surface area contributed by atoms with Gasteiger partial charge in [0.15, 0.2) is 6.29 Å². The number of benzene rings is 1. The van der Waals surface area contributed by atoms with Crippen molar-refractivity contribution in [2.24, 2.45) is 0 Å². The quantitative estimate of drug-likeness (QED) is 0.660. The van der Waals surface area contributed by atoms with E-state index in [4.69, 9.17) is 16.3 Å². The molecule has 1 aromatic rings. The summed E-state index contributed by atoms with van der Waals surface area (Å²) in [6.45, 7) is 1.87. The molecule has 0 N–H and O–H groups in total. The second-order valence-electron chi connectivity index (χ2n) is 2.44. The van der Waals surface area contributed by atoms with Gasteiger partial charge in [-0.3, -0.25) is 4.79 Å². The molecule has 0 aliphatic rings. The van der Waals surface area contributed by atoms with Crippen LogP contribution in [-0.2, 0) is 0 Å². The van der Waals surface area contributed by atoms with Crippen LogP contribution in [0, 0.1) is 6.92 Å². The molecule has 0 heterocycles. The van der Waals surface area contributed by atoms with Gasteiger partial charge in [-0.2, -0.15) is 0 Å². The van der Waals surface area contributed by atoms with E-state index in [1.54, 1.807) is 12.1 Å². The summed E-state index contributed by atoms with van der Waals surface area (Å²) >= 11 is 5.86. The Balaban J connectivity index is 3.33. The fourth-order valence-electron chi connectivity index (χ4n) is 1.01. The normalized spacial score (nSPS) is 9.58. The van der Waals surface area contributed by atoms with Crippen LogP contribution in [-0.4, -0.2) is 13.4 Å². The highest BCUT2D eigenvalue weighted by Gasteiger charge is 2.08. The lowest BCUT2D eigenvalue weighted by Gasteiger charge is -2.07. The molecule has 0 atom stereocenters. The lowest BCUT2D eigenvalue weighted by atomic mass is 10.1. The number of rotatable bonds is 2. The Labute approximate surface area is 76.1 Å². The molecule has 0 aromatic heterocycles. The number of methoxy groups -OCH3 is 1. The Morgan fingerprint density at radius 1 is 1.50 bits per heavy atom. The van der Waals surface area contributed by atoms with Gasteiger partial charge in [-0.15, -0.1) is 0 Å². The Kier molecular flexibility index (Phi) is 2.71. The van der Waals surface area contributed by atoms with Crippen molar-refractivity contribution in [2.45, 2.75) is 6.92 Å². The number of carbonyl (C=O) groups is 1. The number of halogens is 1. The number of hydrogen-bond acceptors (Lipinski definition) is 2. The van der Waals surface area contributed by atoms with Crippen molar-refractivity contribution in [1.82, 2.24) is 0 Å². The molecule has 2 nitrogen and oxygen atoms in total. The SMILES string of the molecule is COc1c(C)ccc(C=O)c1Cl. The second-order valence-corrected chi connectivity index (χ2v) is 2.81. The molecule has 0 radical (unpaired) electrons. The van der Waals surface area contributed by atoms with E-state index < -0.39 is 0 Å². The fraction of sp³-hybridized carbons (Fsp3) is 0.222. The monoisotopic (exact) mass is 184 g/mol. The largest absolute Gasteiger partial charge is 0.495 e. The summed E-state index contributed by atoms with van der Waals surface area (Å²) < 4.78 is 5.03. The molecule has 0 spiro atoms. The minimum atomic E-state index is 0.382. The fourth-order valence-corrected chi connectivity index (χ4v) is 1.34. The van der Waals surface area contributed by atoms with Gasteiger partial charge in [-0.1, -0.05) is 17.7 Å². The summed E-state index contributed by atoms with van der Waals surface area (Å²) in [6.07, 6.45) is 0.713. The number of carbonyl (C=O) groups excluding carboxylic acids is 1. The van der Waals surface area contributed by atoms with Crippen molar-refractivity contribution >= 4 is 17.9 Å². The molecule has 0 aliphatic heterocycles. The molecule has 0 saturated heterocycles. The molecule has 12 heavy (non-hydrogen) atoms. The molecule has 0 aliphatic carbocycles. The van der Waals surface area contributed by atoms with E-state index in [-0.39, 0.29) is 0 Å². The first kappa shape index (κ1) is 9.07. The number of aryl methyl sites for hydroxylation is 1. The number of hydrogen-bond donors (Lipinski definition) is 0. The maximum absolute atomic E-state index is 10.5. The summed E-state index contributed by atoms with van der Waals surface area (Å²) in [5.74, 6) is 0.571. The van der Waals surface area contributed by atoms with Crippen LogP contribution >= 0.6 is 11.6 Å². The molecule has 0 bridgehead atoms. The molecular formula is C9H9ClO2. The first-order chi connectivity index (χ1) is 5.70. The highest BCUT2D eigenvalue weighted by molar-refractivity contribution is 6.34. The van der Waals surface area contributed by atoms with Crippen LogP contribution in [0.2, 0.25) is 5.02 Å².